The summed E-state index contributed by atoms with van der Waals surface area (Å²) >= 11 is 1.57. The number of nitrogen functional groups attached to an aromatic ring is 1. The molecule has 6 rings (SSSR count). The van der Waals surface area contributed by atoms with Crippen LogP contribution in [0.3, 0.4) is 0 Å². The van der Waals surface area contributed by atoms with Gasteiger partial charge in [0.05, 0.1) is 12.2 Å². The van der Waals surface area contributed by atoms with E-state index in [4.69, 9.17) is 10.5 Å². The molecule has 5 N–H and O–H groups in total. The minimum atomic E-state index is -1.22. The molecule has 0 saturated carbocycles. The van der Waals surface area contributed by atoms with Gasteiger partial charge in [-0.2, -0.15) is 0 Å². The van der Waals surface area contributed by atoms with E-state index >= 15 is 0 Å². The molecule has 0 spiro atoms. The maximum atomic E-state index is 14.1. The molecule has 0 bridgehead atoms. The lowest BCUT2D eigenvalue weighted by molar-refractivity contribution is 0.0697. The number of carboxylic acid groups (broad SMARTS) is 1. The van der Waals surface area contributed by atoms with Crippen molar-refractivity contribution in [3.63, 3.8) is 0 Å². The lowest BCUT2D eigenvalue weighted by Gasteiger charge is -2.20. The van der Waals surface area contributed by atoms with Crippen LogP contribution in [-0.4, -0.2) is 41.0 Å². The summed E-state index contributed by atoms with van der Waals surface area (Å²) in [6, 6.07) is 17.3. The van der Waals surface area contributed by atoms with Crippen LogP contribution < -0.4 is 21.1 Å². The molecular weight excluding hydrogens is 588 g/mol. The first kappa shape index (κ1) is 29.8. The molecule has 0 atom stereocenters. The van der Waals surface area contributed by atoms with Gasteiger partial charge in [0.2, 0.25) is 0 Å². The number of nitrogens with two attached hydrogens (primary N) is 1. The molecule has 1 aliphatic rings. The zero-order valence-electron chi connectivity index (χ0n) is 24.8. The number of carbonyl (C=O) groups excluding carboxylic acids is 2. The molecule has 0 fully saturated rings. The molecular formula is C35H32N4O5S. The third kappa shape index (κ3) is 6.09. The van der Waals surface area contributed by atoms with Gasteiger partial charge in [0, 0.05) is 45.4 Å². The van der Waals surface area contributed by atoms with Crippen LogP contribution in [0.5, 0.6) is 5.75 Å². The quantitative estimate of drug-likeness (QED) is 0.155. The number of aromatic nitrogens is 1. The van der Waals surface area contributed by atoms with E-state index in [-0.39, 0.29) is 28.5 Å². The maximum absolute atomic E-state index is 14.1. The summed E-state index contributed by atoms with van der Waals surface area (Å²) in [4.78, 5) is 44.7. The molecule has 228 valence electrons. The highest BCUT2D eigenvalue weighted by Crippen LogP contribution is 2.43. The Hall–Kier alpha value is -5.22. The Kier molecular flexibility index (Phi) is 8.23. The van der Waals surface area contributed by atoms with E-state index in [1.54, 1.807) is 53.9 Å². The minimum Gasteiger partial charge on any atom is -0.493 e. The number of amides is 2. The van der Waals surface area contributed by atoms with Crippen LogP contribution in [0.15, 0.2) is 72.2 Å². The third-order valence-corrected chi connectivity index (χ3v) is 8.72. The second kappa shape index (κ2) is 12.4. The van der Waals surface area contributed by atoms with E-state index in [0.717, 1.165) is 34.1 Å². The largest absolute Gasteiger partial charge is 0.493 e. The lowest BCUT2D eigenvalue weighted by atomic mass is 9.90. The Morgan fingerprint density at radius 1 is 0.978 bits per heavy atom. The maximum Gasteiger partial charge on any atom is 0.336 e. The van der Waals surface area contributed by atoms with Crippen molar-refractivity contribution in [3.05, 3.63) is 94.5 Å². The smallest absolute Gasteiger partial charge is 0.336 e. The molecule has 45 heavy (non-hydrogen) atoms. The predicted molar refractivity (Wildman–Crippen MR) is 177 cm³/mol. The van der Waals surface area contributed by atoms with Crippen LogP contribution in [-0.2, 0) is 6.42 Å². The number of fused-ring (bicyclic) bond motifs is 4. The van der Waals surface area contributed by atoms with E-state index < -0.39 is 11.9 Å². The summed E-state index contributed by atoms with van der Waals surface area (Å²) in [5.41, 5.74) is 9.57. The normalized spacial score (nSPS) is 12.4. The van der Waals surface area contributed by atoms with E-state index in [1.807, 2.05) is 31.4 Å². The van der Waals surface area contributed by atoms with Gasteiger partial charge in [-0.05, 0) is 101 Å². The van der Waals surface area contributed by atoms with Gasteiger partial charge in [-0.25, -0.2) is 9.78 Å². The first-order valence-electron chi connectivity index (χ1n) is 14.7. The van der Waals surface area contributed by atoms with Crippen LogP contribution in [0.25, 0.3) is 32.3 Å². The fraction of sp³-hybridized carbons (Fsp3) is 0.200. The number of rotatable bonds is 7. The van der Waals surface area contributed by atoms with E-state index in [0.29, 0.717) is 41.5 Å². The van der Waals surface area contributed by atoms with Gasteiger partial charge < -0.3 is 26.2 Å². The number of hydrogen-bond donors (Lipinski definition) is 4. The number of pyridine rings is 1. The van der Waals surface area contributed by atoms with Crippen molar-refractivity contribution >= 4 is 51.4 Å². The van der Waals surface area contributed by atoms with Crippen molar-refractivity contribution < 1.29 is 24.2 Å². The van der Waals surface area contributed by atoms with Crippen molar-refractivity contribution in [2.24, 2.45) is 5.92 Å². The van der Waals surface area contributed by atoms with Gasteiger partial charge >= 0.3 is 5.97 Å². The molecule has 2 aromatic heterocycles. The van der Waals surface area contributed by atoms with Crippen LogP contribution >= 0.6 is 11.3 Å². The number of benzene rings is 3. The zero-order chi connectivity index (χ0) is 31.7. The van der Waals surface area contributed by atoms with Gasteiger partial charge in [0.1, 0.15) is 11.6 Å². The summed E-state index contributed by atoms with van der Waals surface area (Å²) in [5.74, 6) is -0.822. The fourth-order valence-electron chi connectivity index (χ4n) is 5.47. The molecule has 0 unspecified atom stereocenters. The van der Waals surface area contributed by atoms with Crippen LogP contribution in [0, 0.1) is 5.92 Å². The van der Waals surface area contributed by atoms with Crippen LogP contribution in [0.2, 0.25) is 0 Å². The minimum absolute atomic E-state index is 0.0995. The molecule has 0 aliphatic carbocycles. The molecule has 0 radical (unpaired) electrons. The van der Waals surface area contributed by atoms with E-state index in [2.05, 4.69) is 21.7 Å². The Morgan fingerprint density at radius 2 is 1.82 bits per heavy atom. The first-order chi connectivity index (χ1) is 21.7. The summed E-state index contributed by atoms with van der Waals surface area (Å²) in [6.07, 6.45) is 3.28. The number of anilines is 2. The van der Waals surface area contributed by atoms with E-state index in [1.165, 1.54) is 11.6 Å². The molecule has 3 heterocycles. The first-order valence-corrected chi connectivity index (χ1v) is 15.6. The summed E-state index contributed by atoms with van der Waals surface area (Å²) in [7, 11) is 0. The van der Waals surface area contributed by atoms with Gasteiger partial charge in [0.15, 0.2) is 0 Å². The van der Waals surface area contributed by atoms with Gasteiger partial charge in [-0.15, -0.1) is 11.3 Å². The number of nitrogens with zero attached hydrogens (tertiary/aromatic N) is 1. The Labute approximate surface area is 264 Å². The molecule has 9 nitrogen and oxygen atoms in total. The average molecular weight is 621 g/mol. The van der Waals surface area contributed by atoms with Crippen molar-refractivity contribution in [3.8, 4) is 27.3 Å². The van der Waals surface area contributed by atoms with Gasteiger partial charge in [-0.1, -0.05) is 19.9 Å². The molecule has 5 aromatic rings. The lowest BCUT2D eigenvalue weighted by Crippen LogP contribution is -2.27. The van der Waals surface area contributed by atoms with Gasteiger partial charge in [0.25, 0.3) is 11.8 Å². The number of aryl methyl sites for hydroxylation is 1. The average Bonchev–Trinajstić information content (AvgIpc) is 3.47. The topological polar surface area (TPSA) is 144 Å². The summed E-state index contributed by atoms with van der Waals surface area (Å²) in [6.45, 7) is 4.89. The molecule has 3 aromatic carbocycles. The standard InChI is InChI=1S/C35H32N4O5S/c1-19(2)18-38-33(40)22-5-7-25(28(15-22)35(42)43)26-17-30-29(31-20(10-13-45-31)4-3-12-44-30)16-27(26)34(41)39-23-6-8-24-21(14-23)9-11-37-32(24)36/h5-11,13-17,19H,3-4,12,18H2,1-2H3,(H2,36,37)(H,38,40)(H,39,41)(H,42,43). The second-order valence-corrected chi connectivity index (χ2v) is 12.3. The summed E-state index contributed by atoms with van der Waals surface area (Å²) in [5, 5.41) is 19.7. The monoisotopic (exact) mass is 620 g/mol. The summed E-state index contributed by atoms with van der Waals surface area (Å²) < 4.78 is 6.19. The number of aromatic carboxylic acids is 1. The Bertz CT molecular complexity index is 1970. The third-order valence-electron chi connectivity index (χ3n) is 7.73. The number of carboxylic acids is 1. The SMILES string of the molecule is CC(C)CNC(=O)c1ccc(-c2cc3c(cc2C(=O)Nc2ccc4c(N)nccc4c2)-c2sccc2CCCO3)c(C(=O)O)c1. The number of hydrogen-bond acceptors (Lipinski definition) is 7. The van der Waals surface area contributed by atoms with Gasteiger partial charge in [-0.3, -0.25) is 9.59 Å². The molecule has 1 aliphatic heterocycles. The molecule has 0 saturated heterocycles. The highest BCUT2D eigenvalue weighted by Gasteiger charge is 2.25. The van der Waals surface area contributed by atoms with Crippen molar-refractivity contribution in [2.45, 2.75) is 26.7 Å². The highest BCUT2D eigenvalue weighted by molar-refractivity contribution is 7.13. The van der Waals surface area contributed by atoms with Crippen molar-refractivity contribution in [2.75, 3.05) is 24.2 Å². The Morgan fingerprint density at radius 3 is 2.62 bits per heavy atom. The predicted octanol–water partition coefficient (Wildman–Crippen LogP) is 6.87. The van der Waals surface area contributed by atoms with Crippen LogP contribution in [0.1, 0.15) is 56.9 Å². The van der Waals surface area contributed by atoms with Crippen molar-refractivity contribution in [1.29, 1.82) is 0 Å². The highest BCUT2D eigenvalue weighted by atomic mass is 32.1. The molecule has 10 heteroatoms. The fourth-order valence-corrected chi connectivity index (χ4v) is 6.45. The number of ether oxygens (including phenoxy) is 1. The number of nitrogens with one attached hydrogen (secondary N) is 2. The van der Waals surface area contributed by atoms with E-state index in [9.17, 15) is 19.5 Å². The number of carbonyl (C=O) groups is 3. The molecule has 2 amide bonds. The van der Waals surface area contributed by atoms with Crippen LogP contribution in [0.4, 0.5) is 11.5 Å². The Balaban J connectivity index is 1.49. The second-order valence-electron chi connectivity index (χ2n) is 11.4. The van der Waals surface area contributed by atoms with Crippen molar-refractivity contribution in [1.82, 2.24) is 10.3 Å². The number of thiophene rings is 1. The zero-order valence-corrected chi connectivity index (χ0v) is 25.7.